The SMILES string of the molecule is CSCC1(C2CCCCC2)CC2CCC(C1)N2. The van der Waals surface area contributed by atoms with Crippen molar-refractivity contribution in [1.29, 1.82) is 0 Å². The highest BCUT2D eigenvalue weighted by molar-refractivity contribution is 7.98. The predicted octanol–water partition coefficient (Wildman–Crippen LogP) is 3.83. The van der Waals surface area contributed by atoms with Crippen molar-refractivity contribution in [3.05, 3.63) is 0 Å². The number of hydrogen-bond donors (Lipinski definition) is 1. The Kier molecular flexibility index (Phi) is 3.72. The molecule has 1 aliphatic carbocycles. The third-order valence-electron chi connectivity index (χ3n) is 5.54. The Morgan fingerprint density at radius 3 is 2.24 bits per heavy atom. The van der Waals surface area contributed by atoms with E-state index in [0.717, 1.165) is 18.0 Å². The average molecular weight is 253 g/mol. The van der Waals surface area contributed by atoms with Gasteiger partial charge in [0.2, 0.25) is 0 Å². The maximum atomic E-state index is 3.83. The molecule has 98 valence electrons. The van der Waals surface area contributed by atoms with Crippen LogP contribution in [0.1, 0.15) is 57.8 Å². The summed E-state index contributed by atoms with van der Waals surface area (Å²) in [5, 5.41) is 3.83. The molecule has 0 aromatic heterocycles. The predicted molar refractivity (Wildman–Crippen MR) is 76.6 cm³/mol. The van der Waals surface area contributed by atoms with Crippen LogP contribution in [0.4, 0.5) is 0 Å². The van der Waals surface area contributed by atoms with Gasteiger partial charge in [0.05, 0.1) is 0 Å². The van der Waals surface area contributed by atoms with E-state index in [1.165, 1.54) is 63.5 Å². The van der Waals surface area contributed by atoms with E-state index in [4.69, 9.17) is 0 Å². The third kappa shape index (κ3) is 2.40. The average Bonchev–Trinajstić information content (AvgIpc) is 2.71. The lowest BCUT2D eigenvalue weighted by molar-refractivity contribution is 0.0767. The summed E-state index contributed by atoms with van der Waals surface area (Å²) < 4.78 is 0. The first-order valence-corrected chi connectivity index (χ1v) is 8.97. The molecule has 1 nitrogen and oxygen atoms in total. The number of rotatable bonds is 3. The van der Waals surface area contributed by atoms with Gasteiger partial charge in [-0.05, 0) is 61.9 Å². The minimum absolute atomic E-state index is 0.705. The molecule has 3 rings (SSSR count). The molecule has 2 heterocycles. The molecule has 1 N–H and O–H groups in total. The van der Waals surface area contributed by atoms with Crippen molar-refractivity contribution in [1.82, 2.24) is 5.32 Å². The van der Waals surface area contributed by atoms with Crippen molar-refractivity contribution in [2.45, 2.75) is 69.9 Å². The second kappa shape index (κ2) is 5.13. The van der Waals surface area contributed by atoms with Crippen LogP contribution in [-0.2, 0) is 0 Å². The van der Waals surface area contributed by atoms with E-state index >= 15 is 0 Å². The summed E-state index contributed by atoms with van der Waals surface area (Å²) in [6.45, 7) is 0. The van der Waals surface area contributed by atoms with Crippen LogP contribution in [0.25, 0.3) is 0 Å². The molecule has 2 unspecified atom stereocenters. The molecule has 2 aliphatic heterocycles. The van der Waals surface area contributed by atoms with Gasteiger partial charge in [0.15, 0.2) is 0 Å². The van der Waals surface area contributed by atoms with Crippen molar-refractivity contribution in [2.75, 3.05) is 12.0 Å². The fourth-order valence-corrected chi connectivity index (χ4v) is 5.91. The molecule has 0 amide bonds. The molecular formula is C15H27NS. The first kappa shape index (κ1) is 12.3. The molecular weight excluding hydrogens is 226 g/mol. The van der Waals surface area contributed by atoms with E-state index in [1.807, 2.05) is 0 Å². The van der Waals surface area contributed by atoms with E-state index in [1.54, 1.807) is 0 Å². The van der Waals surface area contributed by atoms with E-state index < -0.39 is 0 Å². The summed E-state index contributed by atoms with van der Waals surface area (Å²) in [5.74, 6) is 2.47. The lowest BCUT2D eigenvalue weighted by atomic mass is 9.63. The summed E-state index contributed by atoms with van der Waals surface area (Å²) >= 11 is 2.10. The zero-order valence-electron chi connectivity index (χ0n) is 11.2. The second-order valence-corrected chi connectivity index (χ2v) is 7.54. The van der Waals surface area contributed by atoms with E-state index in [0.29, 0.717) is 5.41 Å². The minimum atomic E-state index is 0.705. The Morgan fingerprint density at radius 1 is 1.00 bits per heavy atom. The maximum absolute atomic E-state index is 3.83. The molecule has 2 heteroatoms. The lowest BCUT2D eigenvalue weighted by Crippen LogP contribution is -2.49. The first-order chi connectivity index (χ1) is 8.32. The summed E-state index contributed by atoms with van der Waals surface area (Å²) in [7, 11) is 0. The molecule has 0 aromatic rings. The molecule has 3 fully saturated rings. The van der Waals surface area contributed by atoms with Crippen molar-refractivity contribution in [3.63, 3.8) is 0 Å². The van der Waals surface area contributed by atoms with Crippen LogP contribution in [0.2, 0.25) is 0 Å². The maximum Gasteiger partial charge on any atom is 0.00759 e. The highest BCUT2D eigenvalue weighted by Gasteiger charge is 2.47. The number of hydrogen-bond acceptors (Lipinski definition) is 2. The Labute approximate surface area is 111 Å². The number of nitrogens with one attached hydrogen (secondary N) is 1. The van der Waals surface area contributed by atoms with Gasteiger partial charge >= 0.3 is 0 Å². The van der Waals surface area contributed by atoms with Gasteiger partial charge in [-0.2, -0.15) is 11.8 Å². The number of thioether (sulfide) groups is 1. The van der Waals surface area contributed by atoms with Crippen LogP contribution in [-0.4, -0.2) is 24.1 Å². The van der Waals surface area contributed by atoms with Crippen molar-refractivity contribution >= 4 is 11.8 Å². The largest absolute Gasteiger partial charge is 0.311 e. The molecule has 2 atom stereocenters. The van der Waals surface area contributed by atoms with E-state index in [2.05, 4.69) is 23.3 Å². The van der Waals surface area contributed by atoms with Gasteiger partial charge in [-0.1, -0.05) is 19.3 Å². The second-order valence-electron chi connectivity index (χ2n) is 6.68. The van der Waals surface area contributed by atoms with Gasteiger partial charge in [-0.15, -0.1) is 0 Å². The van der Waals surface area contributed by atoms with Crippen molar-refractivity contribution in [2.24, 2.45) is 11.3 Å². The molecule has 3 aliphatic rings. The summed E-state index contributed by atoms with van der Waals surface area (Å²) in [4.78, 5) is 0. The molecule has 17 heavy (non-hydrogen) atoms. The van der Waals surface area contributed by atoms with E-state index in [-0.39, 0.29) is 0 Å². The molecule has 2 saturated heterocycles. The Balaban J connectivity index is 1.77. The number of piperidine rings is 1. The summed E-state index contributed by atoms with van der Waals surface area (Å²) in [6, 6.07) is 1.73. The highest BCUT2D eigenvalue weighted by Crippen LogP contribution is 2.51. The minimum Gasteiger partial charge on any atom is -0.311 e. The molecule has 0 aromatic carbocycles. The van der Waals surface area contributed by atoms with Crippen LogP contribution in [0.15, 0.2) is 0 Å². The van der Waals surface area contributed by atoms with Gasteiger partial charge in [-0.25, -0.2) is 0 Å². The fourth-order valence-electron chi connectivity index (χ4n) is 4.86. The third-order valence-corrected chi connectivity index (χ3v) is 6.41. The van der Waals surface area contributed by atoms with Crippen LogP contribution < -0.4 is 5.32 Å². The zero-order chi connectivity index (χ0) is 11.7. The van der Waals surface area contributed by atoms with Gasteiger partial charge in [0, 0.05) is 12.1 Å². The van der Waals surface area contributed by atoms with Gasteiger partial charge in [-0.3, -0.25) is 0 Å². The van der Waals surface area contributed by atoms with Gasteiger partial charge in [0.1, 0.15) is 0 Å². The van der Waals surface area contributed by atoms with Crippen molar-refractivity contribution < 1.29 is 0 Å². The standard InChI is InChI=1S/C15H27NS/c1-17-11-15(12-5-3-2-4-6-12)9-13-7-8-14(10-15)16-13/h12-14,16H,2-11H2,1H3. The molecule has 2 bridgehead atoms. The van der Waals surface area contributed by atoms with Crippen LogP contribution >= 0.6 is 11.8 Å². The molecule has 1 saturated carbocycles. The molecule has 0 spiro atoms. The quantitative estimate of drug-likeness (QED) is 0.820. The Bertz CT molecular complexity index is 248. The topological polar surface area (TPSA) is 12.0 Å². The molecule has 0 radical (unpaired) electrons. The zero-order valence-corrected chi connectivity index (χ0v) is 12.0. The Hall–Kier alpha value is 0.310. The highest BCUT2D eigenvalue weighted by atomic mass is 32.2. The summed E-state index contributed by atoms with van der Waals surface area (Å²) in [5.41, 5.74) is 0.705. The summed E-state index contributed by atoms with van der Waals surface area (Å²) in [6.07, 6.45) is 15.7. The Morgan fingerprint density at radius 2 is 1.65 bits per heavy atom. The van der Waals surface area contributed by atoms with Crippen LogP contribution in [0, 0.1) is 11.3 Å². The monoisotopic (exact) mass is 253 g/mol. The lowest BCUT2D eigenvalue weighted by Gasteiger charge is -2.48. The fraction of sp³-hybridized carbons (Fsp3) is 1.00. The first-order valence-electron chi connectivity index (χ1n) is 7.57. The van der Waals surface area contributed by atoms with Gasteiger partial charge < -0.3 is 5.32 Å². The van der Waals surface area contributed by atoms with Crippen molar-refractivity contribution in [3.8, 4) is 0 Å². The number of fused-ring (bicyclic) bond motifs is 2. The van der Waals surface area contributed by atoms with Crippen LogP contribution in [0.5, 0.6) is 0 Å². The smallest absolute Gasteiger partial charge is 0.00759 e. The van der Waals surface area contributed by atoms with Gasteiger partial charge in [0.25, 0.3) is 0 Å². The normalized spacial score (nSPS) is 42.9. The van der Waals surface area contributed by atoms with E-state index in [9.17, 15) is 0 Å². The van der Waals surface area contributed by atoms with Crippen LogP contribution in [0.3, 0.4) is 0 Å².